The van der Waals surface area contributed by atoms with Gasteiger partial charge in [0.05, 0.1) is 6.54 Å². The first kappa shape index (κ1) is 20.3. The fourth-order valence-electron chi connectivity index (χ4n) is 5.09. The van der Waals surface area contributed by atoms with Crippen molar-refractivity contribution in [2.45, 2.75) is 78.5 Å². The number of aliphatic carboxylic acids is 1. The summed E-state index contributed by atoms with van der Waals surface area (Å²) in [4.78, 5) is 16.0. The van der Waals surface area contributed by atoms with E-state index in [9.17, 15) is 4.79 Å². The minimum Gasteiger partial charge on any atom is -0.481 e. The number of hydrogen-bond donors (Lipinski definition) is 1. The highest BCUT2D eigenvalue weighted by atomic mass is 32.2. The van der Waals surface area contributed by atoms with E-state index in [2.05, 4.69) is 41.4 Å². The molecule has 0 amide bonds. The van der Waals surface area contributed by atoms with Crippen LogP contribution in [0.5, 0.6) is 0 Å². The van der Waals surface area contributed by atoms with Crippen LogP contribution in [0.2, 0.25) is 0 Å². The van der Waals surface area contributed by atoms with E-state index in [1.165, 1.54) is 74.0 Å². The number of hydrogen-bond acceptors (Lipinski definition) is 4. The number of thioether (sulfide) groups is 3. The third-order valence-electron chi connectivity index (χ3n) is 6.65. The number of carboxylic acid groups (broad SMARTS) is 1. The molecule has 27 heavy (non-hydrogen) atoms. The molecule has 4 aliphatic heterocycles. The molecule has 4 nitrogen and oxygen atoms in total. The maximum atomic E-state index is 10.5. The zero-order valence-electron chi connectivity index (χ0n) is 16.2. The summed E-state index contributed by atoms with van der Waals surface area (Å²) in [7, 11) is 0. The Hall–Kier alpha value is -0.0300. The monoisotopic (exact) mass is 428 g/mol. The summed E-state index contributed by atoms with van der Waals surface area (Å²) in [6.45, 7) is 3.66. The van der Waals surface area contributed by atoms with Gasteiger partial charge in [-0.25, -0.2) is 0 Å². The number of unbranched alkanes of at least 4 members (excludes halogenated alkanes) is 7. The second-order valence-electron chi connectivity index (χ2n) is 8.38. The van der Waals surface area contributed by atoms with Gasteiger partial charge < -0.3 is 5.11 Å². The average molecular weight is 429 g/mol. The van der Waals surface area contributed by atoms with Gasteiger partial charge >= 0.3 is 16.9 Å². The van der Waals surface area contributed by atoms with Crippen molar-refractivity contribution in [2.24, 2.45) is 0 Å². The Bertz CT molecular complexity index is 632. The Morgan fingerprint density at radius 3 is 2.56 bits per heavy atom. The first-order valence-corrected chi connectivity index (χ1v) is 13.5. The Morgan fingerprint density at radius 1 is 1.07 bits per heavy atom. The lowest BCUT2D eigenvalue weighted by atomic mass is 10.1. The zero-order chi connectivity index (χ0) is 18.8. The number of quaternary nitrogens is 1. The van der Waals surface area contributed by atoms with Crippen LogP contribution in [0.15, 0.2) is 0 Å². The van der Waals surface area contributed by atoms with E-state index >= 15 is 0 Å². The van der Waals surface area contributed by atoms with E-state index < -0.39 is 5.97 Å². The molecule has 0 radical (unpaired) electrons. The van der Waals surface area contributed by atoms with Crippen molar-refractivity contribution in [1.82, 2.24) is 0 Å². The molecule has 0 aromatic rings. The predicted octanol–water partition coefficient (Wildman–Crippen LogP) is 5.09. The highest BCUT2D eigenvalue weighted by Gasteiger charge is 2.95. The van der Waals surface area contributed by atoms with Crippen LogP contribution in [0.4, 0.5) is 0 Å². The van der Waals surface area contributed by atoms with Crippen molar-refractivity contribution in [3.8, 4) is 6.07 Å². The van der Waals surface area contributed by atoms with Crippen LogP contribution in [-0.2, 0) is 4.79 Å². The summed E-state index contributed by atoms with van der Waals surface area (Å²) in [6.07, 6.45) is 11.0. The zero-order valence-corrected chi connectivity index (χ0v) is 18.6. The lowest BCUT2D eigenvalue weighted by Crippen LogP contribution is -2.67. The molecule has 0 aromatic carbocycles. The maximum absolute atomic E-state index is 10.5. The summed E-state index contributed by atoms with van der Waals surface area (Å²) < 4.78 is 1.99. The molecule has 1 N–H and O–H groups in total. The van der Waals surface area contributed by atoms with E-state index in [-0.39, 0.29) is 4.87 Å². The highest BCUT2D eigenvalue weighted by molar-refractivity contribution is 8.19. The van der Waals surface area contributed by atoms with E-state index in [0.717, 1.165) is 19.4 Å². The molecule has 4 fully saturated rings. The smallest absolute Gasteiger partial charge is 0.356 e. The van der Waals surface area contributed by atoms with E-state index in [1.807, 2.05) is 0 Å². The van der Waals surface area contributed by atoms with E-state index in [0.29, 0.717) is 15.9 Å². The van der Waals surface area contributed by atoms with Crippen molar-refractivity contribution < 1.29 is 14.4 Å². The summed E-state index contributed by atoms with van der Waals surface area (Å²) >= 11 is 6.54. The average Bonchev–Trinajstić information content (AvgIpc) is 3.20. The first-order chi connectivity index (χ1) is 13.1. The molecule has 7 heteroatoms. The molecule has 150 valence electrons. The Balaban J connectivity index is 1.12. The van der Waals surface area contributed by atoms with Crippen LogP contribution < -0.4 is 0 Å². The van der Waals surface area contributed by atoms with Gasteiger partial charge in [-0.3, -0.25) is 9.28 Å². The number of carboxylic acids is 1. The molecule has 4 heterocycles. The summed E-state index contributed by atoms with van der Waals surface area (Å²) in [5.41, 5.74) is 0. The van der Waals surface area contributed by atoms with Crippen molar-refractivity contribution in [2.75, 3.05) is 31.1 Å². The molecule has 0 aromatic heterocycles. The third-order valence-corrected chi connectivity index (χ3v) is 12.0. The minimum absolute atomic E-state index is 0.181. The van der Waals surface area contributed by atoms with Gasteiger partial charge in [0.25, 0.3) is 6.54 Å². The number of rotatable bonds is 10. The molecule has 0 aliphatic carbocycles. The van der Waals surface area contributed by atoms with Crippen LogP contribution in [0, 0.1) is 6.07 Å². The topological polar surface area (TPSA) is 41.7 Å². The molecule has 2 bridgehead atoms. The third kappa shape index (κ3) is 3.65. The molecule has 4 saturated heterocycles. The van der Waals surface area contributed by atoms with Crippen LogP contribution >= 0.6 is 35.3 Å². The van der Waals surface area contributed by atoms with Crippen LogP contribution in [0.3, 0.4) is 0 Å². The van der Waals surface area contributed by atoms with Crippen molar-refractivity contribution >= 4 is 41.3 Å². The summed E-state index contributed by atoms with van der Waals surface area (Å²) in [5, 5.41) is 8.62. The predicted molar refractivity (Wildman–Crippen MR) is 118 cm³/mol. The Morgan fingerprint density at radius 2 is 1.78 bits per heavy atom. The van der Waals surface area contributed by atoms with Crippen molar-refractivity contribution in [1.29, 1.82) is 0 Å². The summed E-state index contributed by atoms with van der Waals surface area (Å²) in [5.74, 6) is 1.98. The normalized spacial score (nSPS) is 38.0. The van der Waals surface area contributed by atoms with Gasteiger partial charge in [0, 0.05) is 30.8 Å². The van der Waals surface area contributed by atoms with Gasteiger partial charge in [0.1, 0.15) is 11.1 Å². The van der Waals surface area contributed by atoms with E-state index in [1.54, 1.807) is 0 Å². The fraction of sp³-hybridized carbons (Fsp3) is 0.900. The lowest BCUT2D eigenvalue weighted by Gasteiger charge is -2.49. The van der Waals surface area contributed by atoms with Gasteiger partial charge in [0.15, 0.2) is 0 Å². The van der Waals surface area contributed by atoms with E-state index in [4.69, 9.17) is 9.95 Å². The Labute approximate surface area is 176 Å². The van der Waals surface area contributed by atoms with Gasteiger partial charge in [-0.05, 0) is 24.6 Å². The quantitative estimate of drug-likeness (QED) is 0.298. The molecular weight excluding hydrogens is 396 g/mol. The standard InChI is InChI=1S/C20H31N2O2S3/c23-17(24)9-7-5-3-1-2-4-6-8-11-21-15-20-18-25-13-10-19(27-20)16-22(19,20)12-14-26-18/h18H,1-14,16H2/q+1/p+1. The molecule has 0 saturated carbocycles. The largest absolute Gasteiger partial charge is 0.481 e. The van der Waals surface area contributed by atoms with Gasteiger partial charge in [-0.1, -0.05) is 36.9 Å². The van der Waals surface area contributed by atoms with Crippen LogP contribution in [-0.4, -0.2) is 61.0 Å². The van der Waals surface area contributed by atoms with Crippen LogP contribution in [0.1, 0.15) is 64.2 Å². The minimum atomic E-state index is -0.664. The van der Waals surface area contributed by atoms with Crippen molar-refractivity contribution in [3.63, 3.8) is 0 Å². The van der Waals surface area contributed by atoms with Gasteiger partial charge in [-0.15, -0.1) is 23.5 Å². The van der Waals surface area contributed by atoms with Gasteiger partial charge in [0.2, 0.25) is 4.87 Å². The highest BCUT2D eigenvalue weighted by Crippen LogP contribution is 2.80. The second-order valence-corrected chi connectivity index (χ2v) is 12.7. The Kier molecular flexibility index (Phi) is 6.28. The molecule has 4 unspecified atom stereocenters. The molecule has 4 rings (SSSR count). The molecule has 4 atom stereocenters. The molecular formula is C20H32N2O2S3+2. The first-order valence-electron chi connectivity index (χ1n) is 10.6. The lowest BCUT2D eigenvalue weighted by molar-refractivity contribution is -0.859. The maximum Gasteiger partial charge on any atom is 0.356 e. The second kappa shape index (κ2) is 8.38. The van der Waals surface area contributed by atoms with Gasteiger partial charge in [-0.2, -0.15) is 0 Å². The molecule has 4 aliphatic rings. The van der Waals surface area contributed by atoms with Crippen molar-refractivity contribution in [3.05, 3.63) is 4.85 Å². The fourth-order valence-corrected chi connectivity index (χ4v) is 11.2. The number of carbonyl (C=O) groups is 1. The SMILES string of the molecule is O=C(O)CCCCCCCCCC[N+]#CC12SC34CCSC1SCC[N+]32C4. The number of nitrogens with zero attached hydrogens (tertiary/aromatic N) is 2. The summed E-state index contributed by atoms with van der Waals surface area (Å²) in [6, 6.07) is 3.69. The van der Waals surface area contributed by atoms with Crippen LogP contribution in [0.25, 0.3) is 4.85 Å². The molecule has 2 spiro atoms.